The second kappa shape index (κ2) is 10.3. The summed E-state index contributed by atoms with van der Waals surface area (Å²) in [6.45, 7) is 6.63. The number of nitrogens with zero attached hydrogens (tertiary/aromatic N) is 3. The number of benzene rings is 5. The number of hydrogen-bond donors (Lipinski definition) is 0. The quantitative estimate of drug-likeness (QED) is 0.133. The molecule has 0 N–H and O–H groups in total. The van der Waals surface area contributed by atoms with Crippen LogP contribution < -0.4 is 9.31 Å². The van der Waals surface area contributed by atoms with Crippen LogP contribution in [-0.2, 0) is 26.5 Å². The van der Waals surface area contributed by atoms with Gasteiger partial charge in [0, 0.05) is 50.2 Å². The third kappa shape index (κ3) is 4.74. The minimum atomic E-state index is -0.0830. The molecule has 0 atom stereocenters. The number of hydrogen-bond acceptors (Lipinski definition) is 1. The molecule has 0 aliphatic carbocycles. The Kier molecular flexibility index (Phi) is 6.78. The zero-order valence-electron chi connectivity index (χ0n) is 23.3. The molecule has 41 heavy (non-hydrogen) atoms. The summed E-state index contributed by atoms with van der Waals surface area (Å²) >= 11 is 0. The molecular weight excluding hydrogens is 685 g/mol. The molecule has 0 saturated carbocycles. The van der Waals surface area contributed by atoms with E-state index in [-0.39, 0.29) is 26.5 Å². The zero-order valence-corrected chi connectivity index (χ0v) is 25.6. The molecule has 4 nitrogen and oxygen atoms in total. The van der Waals surface area contributed by atoms with Gasteiger partial charge >= 0.3 is 6.01 Å². The van der Waals surface area contributed by atoms with Crippen molar-refractivity contribution in [2.75, 3.05) is 7.05 Å². The van der Waals surface area contributed by atoms with Crippen molar-refractivity contribution in [3.8, 4) is 17.2 Å². The average Bonchev–Trinajstić information content (AvgIpc) is 3.48. The van der Waals surface area contributed by atoms with Crippen LogP contribution in [0.25, 0.3) is 27.5 Å². The first-order valence-electron chi connectivity index (χ1n) is 13.4. The fourth-order valence-electron chi connectivity index (χ4n) is 5.37. The third-order valence-corrected chi connectivity index (χ3v) is 7.40. The second-order valence-corrected chi connectivity index (χ2v) is 11.2. The fraction of sp³-hybridized carbons (Fsp3) is 0.139. The van der Waals surface area contributed by atoms with E-state index in [9.17, 15) is 0 Å². The largest absolute Gasteiger partial charge is 0.509 e. The average molecular weight is 714 g/mol. The second-order valence-electron chi connectivity index (χ2n) is 11.2. The molecule has 0 unspecified atom stereocenters. The maximum Gasteiger partial charge on any atom is 0.494 e. The molecule has 0 fully saturated rings. The predicted molar refractivity (Wildman–Crippen MR) is 161 cm³/mol. The molecule has 1 aliphatic heterocycles. The molecule has 0 saturated heterocycles. The van der Waals surface area contributed by atoms with Gasteiger partial charge in [-0.05, 0) is 16.9 Å². The van der Waals surface area contributed by atoms with Crippen LogP contribution in [0.3, 0.4) is 0 Å². The normalized spacial score (nSPS) is 12.6. The molecule has 204 valence electrons. The summed E-state index contributed by atoms with van der Waals surface area (Å²) in [6.07, 6.45) is 0. The van der Waals surface area contributed by atoms with Crippen LogP contribution in [0.4, 0.5) is 17.1 Å². The summed E-state index contributed by atoms with van der Waals surface area (Å²) in [6, 6.07) is 46.8. The van der Waals surface area contributed by atoms with Gasteiger partial charge in [0.1, 0.15) is 5.69 Å². The number of ether oxygens (including phenoxy) is 1. The Labute approximate surface area is 254 Å². The summed E-state index contributed by atoms with van der Waals surface area (Å²) in [5.74, 6) is 1.29. The Morgan fingerprint density at radius 1 is 0.780 bits per heavy atom. The topological polar surface area (TPSA) is 20.2 Å². The van der Waals surface area contributed by atoms with Gasteiger partial charge < -0.3 is 9.30 Å². The van der Waals surface area contributed by atoms with Gasteiger partial charge in [-0.3, -0.25) is 0 Å². The van der Waals surface area contributed by atoms with Crippen LogP contribution in [-0.4, -0.2) is 22.2 Å². The maximum absolute atomic E-state index is 6.50. The Morgan fingerprint density at radius 3 is 2.32 bits per heavy atom. The molecule has 0 bridgehead atoms. The zero-order chi connectivity index (χ0) is 27.4. The van der Waals surface area contributed by atoms with Crippen LogP contribution >= 0.6 is 0 Å². The molecular formula is C36H28N3OPt-. The molecule has 0 spiro atoms. The van der Waals surface area contributed by atoms with Crippen molar-refractivity contribution in [3.63, 3.8) is 0 Å². The minimum absolute atomic E-state index is 0. The van der Waals surface area contributed by atoms with E-state index in [2.05, 4.69) is 110 Å². The van der Waals surface area contributed by atoms with Crippen LogP contribution in [0.2, 0.25) is 0 Å². The van der Waals surface area contributed by atoms with E-state index in [0.717, 1.165) is 50.1 Å². The van der Waals surface area contributed by atoms with E-state index < -0.39 is 0 Å². The molecule has 5 heteroatoms. The van der Waals surface area contributed by atoms with Gasteiger partial charge in [-0.2, -0.15) is 24.3 Å². The SMILES string of the molecule is C[N+]1=C=[N+](c2[c-]c(Oc3[c-]cc4c(c3)c3ccccc3n4-c3[c-]cccc3)cc(C(C)(C)C)c2)c2ccccc21.[Pt]. The van der Waals surface area contributed by atoms with Crippen LogP contribution in [0.15, 0.2) is 97.1 Å². The van der Waals surface area contributed by atoms with Crippen molar-refractivity contribution >= 4 is 44.9 Å². The Balaban J connectivity index is 0.00000302. The standard InChI is InChI=1S/C36H28N3O.Pt/c1-36(2,3)25-20-27(38-24-37(4)34-16-10-11-17-35(34)38)22-29(21-25)40-28-18-19-33-31(23-28)30-14-8-9-15-32(30)39(33)26-12-6-5-7-13-26;/h5-12,14-17,19-21,23H,1-4H3;/q-1;. The first-order valence-corrected chi connectivity index (χ1v) is 13.4. The van der Waals surface area contributed by atoms with Gasteiger partial charge in [-0.25, -0.2) is 0 Å². The summed E-state index contributed by atoms with van der Waals surface area (Å²) in [5, 5.41) is 2.26. The monoisotopic (exact) mass is 713 g/mol. The van der Waals surface area contributed by atoms with Crippen molar-refractivity contribution in [1.29, 1.82) is 0 Å². The van der Waals surface area contributed by atoms with E-state index in [4.69, 9.17) is 4.74 Å². The Morgan fingerprint density at radius 2 is 1.54 bits per heavy atom. The number of para-hydroxylation sites is 4. The van der Waals surface area contributed by atoms with Crippen molar-refractivity contribution in [2.24, 2.45) is 0 Å². The van der Waals surface area contributed by atoms with Gasteiger partial charge in [-0.1, -0.05) is 89.0 Å². The molecule has 7 rings (SSSR count). The van der Waals surface area contributed by atoms with Gasteiger partial charge in [0.05, 0.1) is 0 Å². The molecule has 0 amide bonds. The molecule has 1 aromatic heterocycles. The summed E-state index contributed by atoms with van der Waals surface area (Å²) in [4.78, 5) is 0. The van der Waals surface area contributed by atoms with Gasteiger partial charge in [0.15, 0.2) is 7.05 Å². The van der Waals surface area contributed by atoms with Crippen LogP contribution in [0.1, 0.15) is 26.3 Å². The molecule has 0 radical (unpaired) electrons. The molecule has 5 aromatic carbocycles. The Hall–Kier alpha value is -4.23. The van der Waals surface area contributed by atoms with E-state index in [0.29, 0.717) is 11.5 Å². The third-order valence-electron chi connectivity index (χ3n) is 7.40. The van der Waals surface area contributed by atoms with E-state index >= 15 is 0 Å². The molecule has 2 heterocycles. The van der Waals surface area contributed by atoms with Gasteiger partial charge in [-0.15, -0.1) is 35.9 Å². The van der Waals surface area contributed by atoms with Gasteiger partial charge in [0.2, 0.25) is 0 Å². The minimum Gasteiger partial charge on any atom is -0.509 e. The van der Waals surface area contributed by atoms with Crippen molar-refractivity contribution in [2.45, 2.75) is 26.2 Å². The van der Waals surface area contributed by atoms with Crippen molar-refractivity contribution < 1.29 is 30.4 Å². The molecule has 1 aliphatic rings. The van der Waals surface area contributed by atoms with Crippen LogP contribution in [0, 0.1) is 18.2 Å². The number of rotatable bonds is 4. The number of aromatic nitrogens is 1. The van der Waals surface area contributed by atoms with Crippen molar-refractivity contribution in [3.05, 3.63) is 121 Å². The Bertz CT molecular complexity index is 2010. The smallest absolute Gasteiger partial charge is 0.494 e. The van der Waals surface area contributed by atoms with Crippen molar-refractivity contribution in [1.82, 2.24) is 9.14 Å². The summed E-state index contributed by atoms with van der Waals surface area (Å²) < 4.78 is 12.8. The summed E-state index contributed by atoms with van der Waals surface area (Å²) in [5.41, 5.74) is 7.30. The van der Waals surface area contributed by atoms with E-state index in [1.54, 1.807) is 0 Å². The fourth-order valence-corrected chi connectivity index (χ4v) is 5.37. The molecule has 6 aromatic rings. The summed E-state index contributed by atoms with van der Waals surface area (Å²) in [7, 11) is 2.01. The van der Waals surface area contributed by atoms with Gasteiger partial charge in [0.25, 0.3) is 11.4 Å². The van der Waals surface area contributed by atoms with E-state index in [1.165, 1.54) is 0 Å². The maximum atomic E-state index is 6.50. The first kappa shape index (κ1) is 27.0. The number of fused-ring (bicyclic) bond motifs is 4. The van der Waals surface area contributed by atoms with E-state index in [1.807, 2.05) is 52.6 Å². The predicted octanol–water partition coefficient (Wildman–Crippen LogP) is 8.57. The first-order chi connectivity index (χ1) is 19.4. The van der Waals surface area contributed by atoms with Crippen LogP contribution in [0.5, 0.6) is 11.5 Å².